The number of benzene rings is 1. The minimum Gasteiger partial charge on any atom is -0.278 e. The third kappa shape index (κ3) is 2.78. The SMILES string of the molecule is O=S(=O)(Nc1ccc(CCl)cc1)c1ccn[nH]1. The summed E-state index contributed by atoms with van der Waals surface area (Å²) >= 11 is 5.64. The lowest BCUT2D eigenvalue weighted by Gasteiger charge is -2.06. The van der Waals surface area contributed by atoms with Gasteiger partial charge in [-0.1, -0.05) is 12.1 Å². The molecule has 0 fully saturated rings. The van der Waals surface area contributed by atoms with Gasteiger partial charge in [-0.3, -0.25) is 9.82 Å². The second-order valence-corrected chi connectivity index (χ2v) is 5.28. The van der Waals surface area contributed by atoms with E-state index in [2.05, 4.69) is 14.9 Å². The van der Waals surface area contributed by atoms with Crippen LogP contribution >= 0.6 is 11.6 Å². The van der Waals surface area contributed by atoms with Gasteiger partial charge in [0.15, 0.2) is 5.03 Å². The van der Waals surface area contributed by atoms with Crippen LogP contribution in [0.15, 0.2) is 41.6 Å². The fourth-order valence-electron chi connectivity index (χ4n) is 1.26. The van der Waals surface area contributed by atoms with Crippen LogP contribution < -0.4 is 4.72 Å². The van der Waals surface area contributed by atoms with Gasteiger partial charge < -0.3 is 0 Å². The molecule has 0 saturated heterocycles. The van der Waals surface area contributed by atoms with E-state index in [0.29, 0.717) is 11.6 Å². The zero-order valence-corrected chi connectivity index (χ0v) is 10.3. The molecular weight excluding hydrogens is 262 g/mol. The Bertz CT molecular complexity index is 579. The van der Waals surface area contributed by atoms with Crippen molar-refractivity contribution in [3.05, 3.63) is 42.1 Å². The maximum Gasteiger partial charge on any atom is 0.278 e. The molecule has 17 heavy (non-hydrogen) atoms. The molecule has 2 aromatic rings. The van der Waals surface area contributed by atoms with Crippen molar-refractivity contribution >= 4 is 27.3 Å². The molecule has 0 aliphatic heterocycles. The van der Waals surface area contributed by atoms with Gasteiger partial charge in [-0.2, -0.15) is 13.5 Å². The van der Waals surface area contributed by atoms with Crippen molar-refractivity contribution in [3.63, 3.8) is 0 Å². The van der Waals surface area contributed by atoms with Crippen molar-refractivity contribution in [3.8, 4) is 0 Å². The summed E-state index contributed by atoms with van der Waals surface area (Å²) in [6, 6.07) is 8.22. The normalized spacial score (nSPS) is 11.4. The van der Waals surface area contributed by atoms with Crippen LogP contribution in [0.5, 0.6) is 0 Å². The van der Waals surface area contributed by atoms with Crippen LogP contribution in [0.4, 0.5) is 5.69 Å². The first kappa shape index (κ1) is 11.9. The molecule has 1 aromatic heterocycles. The Morgan fingerprint density at radius 1 is 1.24 bits per heavy atom. The van der Waals surface area contributed by atoms with Gasteiger partial charge in [0.2, 0.25) is 0 Å². The number of anilines is 1. The van der Waals surface area contributed by atoms with Crippen LogP contribution in [0, 0.1) is 0 Å². The molecule has 90 valence electrons. The Kier molecular flexibility index (Phi) is 3.35. The van der Waals surface area contributed by atoms with E-state index in [1.54, 1.807) is 24.3 Å². The van der Waals surface area contributed by atoms with E-state index >= 15 is 0 Å². The lowest BCUT2D eigenvalue weighted by atomic mass is 10.2. The van der Waals surface area contributed by atoms with E-state index in [1.165, 1.54) is 12.3 Å². The van der Waals surface area contributed by atoms with Crippen molar-refractivity contribution in [1.82, 2.24) is 10.2 Å². The summed E-state index contributed by atoms with van der Waals surface area (Å²) in [5, 5.41) is 6.02. The number of aromatic amines is 1. The highest BCUT2D eigenvalue weighted by molar-refractivity contribution is 7.92. The van der Waals surface area contributed by atoms with E-state index in [-0.39, 0.29) is 5.03 Å². The maximum absolute atomic E-state index is 11.8. The lowest BCUT2D eigenvalue weighted by Crippen LogP contribution is -2.13. The monoisotopic (exact) mass is 271 g/mol. The lowest BCUT2D eigenvalue weighted by molar-refractivity contribution is 0.597. The van der Waals surface area contributed by atoms with Crippen molar-refractivity contribution in [2.75, 3.05) is 4.72 Å². The van der Waals surface area contributed by atoms with Crippen molar-refractivity contribution in [2.45, 2.75) is 10.9 Å². The van der Waals surface area contributed by atoms with Crippen LogP contribution in [-0.2, 0) is 15.9 Å². The van der Waals surface area contributed by atoms with Gasteiger partial charge in [-0.05, 0) is 23.8 Å². The summed E-state index contributed by atoms with van der Waals surface area (Å²) in [5.41, 5.74) is 1.41. The molecule has 0 saturated carbocycles. The number of aromatic nitrogens is 2. The van der Waals surface area contributed by atoms with Gasteiger partial charge in [-0.25, -0.2) is 0 Å². The third-order valence-corrected chi connectivity index (χ3v) is 3.74. The van der Waals surface area contributed by atoms with Gasteiger partial charge in [0, 0.05) is 11.6 Å². The molecule has 7 heteroatoms. The number of halogens is 1. The number of H-pyrrole nitrogens is 1. The first-order valence-electron chi connectivity index (χ1n) is 4.79. The van der Waals surface area contributed by atoms with Gasteiger partial charge in [-0.15, -0.1) is 11.6 Å². The van der Waals surface area contributed by atoms with Crippen LogP contribution in [-0.4, -0.2) is 18.6 Å². The number of nitrogens with one attached hydrogen (secondary N) is 2. The van der Waals surface area contributed by atoms with Crippen LogP contribution in [0.2, 0.25) is 0 Å². The average molecular weight is 272 g/mol. The molecule has 0 aliphatic rings. The Morgan fingerprint density at radius 3 is 2.47 bits per heavy atom. The van der Waals surface area contributed by atoms with Crippen molar-refractivity contribution in [1.29, 1.82) is 0 Å². The largest absolute Gasteiger partial charge is 0.278 e. The molecule has 0 atom stereocenters. The molecule has 0 spiro atoms. The fourth-order valence-corrected chi connectivity index (χ4v) is 2.41. The molecule has 5 nitrogen and oxygen atoms in total. The van der Waals surface area contributed by atoms with Gasteiger partial charge in [0.05, 0.1) is 6.20 Å². The van der Waals surface area contributed by atoms with E-state index in [4.69, 9.17) is 11.6 Å². The van der Waals surface area contributed by atoms with Crippen LogP contribution in [0.1, 0.15) is 5.56 Å². The van der Waals surface area contributed by atoms with Crippen LogP contribution in [0.3, 0.4) is 0 Å². The van der Waals surface area contributed by atoms with Crippen molar-refractivity contribution < 1.29 is 8.42 Å². The number of nitrogens with zero attached hydrogens (tertiary/aromatic N) is 1. The van der Waals surface area contributed by atoms with Gasteiger partial charge in [0.1, 0.15) is 0 Å². The number of rotatable bonds is 4. The summed E-state index contributed by atoms with van der Waals surface area (Å²) in [5.74, 6) is 0.396. The predicted molar refractivity (Wildman–Crippen MR) is 65.4 cm³/mol. The second kappa shape index (κ2) is 4.77. The first-order chi connectivity index (χ1) is 8.12. The summed E-state index contributed by atoms with van der Waals surface area (Å²) < 4.78 is 26.0. The topological polar surface area (TPSA) is 74.8 Å². The quantitative estimate of drug-likeness (QED) is 0.835. The van der Waals surface area contributed by atoms with Gasteiger partial charge in [0.25, 0.3) is 10.0 Å². The Labute approximate surface area is 104 Å². The highest BCUT2D eigenvalue weighted by Crippen LogP contribution is 2.15. The van der Waals surface area contributed by atoms with Crippen molar-refractivity contribution in [2.24, 2.45) is 0 Å². The molecule has 2 N–H and O–H groups in total. The molecular formula is C10H10ClN3O2S. The highest BCUT2D eigenvalue weighted by atomic mass is 35.5. The summed E-state index contributed by atoms with van der Waals surface area (Å²) in [6.07, 6.45) is 1.38. The Hall–Kier alpha value is -1.53. The Balaban J connectivity index is 2.21. The second-order valence-electron chi connectivity index (χ2n) is 3.36. The summed E-state index contributed by atoms with van der Waals surface area (Å²) in [6.45, 7) is 0. The summed E-state index contributed by atoms with van der Waals surface area (Å²) in [7, 11) is -3.59. The molecule has 0 unspecified atom stereocenters. The molecule has 1 heterocycles. The number of alkyl halides is 1. The zero-order valence-electron chi connectivity index (χ0n) is 8.72. The molecule has 0 bridgehead atoms. The maximum atomic E-state index is 11.8. The minimum atomic E-state index is -3.59. The van der Waals surface area contributed by atoms with E-state index < -0.39 is 10.0 Å². The van der Waals surface area contributed by atoms with Crippen LogP contribution in [0.25, 0.3) is 0 Å². The third-order valence-electron chi connectivity index (χ3n) is 2.13. The standard InChI is InChI=1S/C10H10ClN3O2S/c11-7-8-1-3-9(4-2-8)14-17(15,16)10-5-6-12-13-10/h1-6,14H,7H2,(H,12,13). The molecule has 0 aliphatic carbocycles. The zero-order chi connectivity index (χ0) is 12.3. The molecule has 0 radical (unpaired) electrons. The first-order valence-corrected chi connectivity index (χ1v) is 6.81. The summed E-state index contributed by atoms with van der Waals surface area (Å²) in [4.78, 5) is 0. The number of hydrogen-bond donors (Lipinski definition) is 2. The average Bonchev–Trinajstić information content (AvgIpc) is 2.84. The Morgan fingerprint density at radius 2 is 1.94 bits per heavy atom. The molecule has 2 rings (SSSR count). The predicted octanol–water partition coefficient (Wildman–Crippen LogP) is 1.95. The van der Waals surface area contributed by atoms with E-state index in [1.807, 2.05) is 0 Å². The smallest absolute Gasteiger partial charge is 0.278 e. The fraction of sp³-hybridized carbons (Fsp3) is 0.100. The minimum absolute atomic E-state index is 0.0268. The number of hydrogen-bond acceptors (Lipinski definition) is 3. The molecule has 0 amide bonds. The molecule has 1 aromatic carbocycles. The highest BCUT2D eigenvalue weighted by Gasteiger charge is 2.14. The number of sulfonamides is 1. The van der Waals surface area contributed by atoms with E-state index in [0.717, 1.165) is 5.56 Å². The van der Waals surface area contributed by atoms with Gasteiger partial charge >= 0.3 is 0 Å². The van der Waals surface area contributed by atoms with E-state index in [9.17, 15) is 8.42 Å².